The van der Waals surface area contributed by atoms with Gasteiger partial charge in [-0.2, -0.15) is 0 Å². The summed E-state index contributed by atoms with van der Waals surface area (Å²) in [5.41, 5.74) is 2.26. The van der Waals surface area contributed by atoms with Gasteiger partial charge in [-0.1, -0.05) is 18.6 Å². The molecule has 1 fully saturated rings. The lowest BCUT2D eigenvalue weighted by atomic mass is 9.98. The Balaban J connectivity index is 1.87. The summed E-state index contributed by atoms with van der Waals surface area (Å²) in [6, 6.07) is 8.43. The van der Waals surface area contributed by atoms with Gasteiger partial charge in [-0.15, -0.1) is 0 Å². The van der Waals surface area contributed by atoms with E-state index in [-0.39, 0.29) is 0 Å². The van der Waals surface area contributed by atoms with Crippen LogP contribution in [-0.4, -0.2) is 35.6 Å². The molecule has 5 heteroatoms. The highest BCUT2D eigenvalue weighted by Gasteiger charge is 2.26. The van der Waals surface area contributed by atoms with Crippen LogP contribution in [0.1, 0.15) is 42.4 Å². The molecule has 1 atom stereocenters. The maximum atomic E-state index is 5.59. The number of nitrogens with zero attached hydrogens (tertiary/aromatic N) is 3. The van der Waals surface area contributed by atoms with E-state index in [1.54, 1.807) is 14.2 Å². The Morgan fingerprint density at radius 3 is 2.79 bits per heavy atom. The van der Waals surface area contributed by atoms with Gasteiger partial charge in [0.15, 0.2) is 11.5 Å². The van der Waals surface area contributed by atoms with Gasteiger partial charge in [-0.05, 0) is 38.4 Å². The molecule has 5 nitrogen and oxygen atoms in total. The second-order valence-corrected chi connectivity index (χ2v) is 6.16. The van der Waals surface area contributed by atoms with Crippen LogP contribution in [0.25, 0.3) is 0 Å². The quantitative estimate of drug-likeness (QED) is 0.841. The van der Waals surface area contributed by atoms with Gasteiger partial charge in [0.25, 0.3) is 0 Å². The first-order valence-corrected chi connectivity index (χ1v) is 8.46. The SMILES string of the molecule is COc1cccc(CN2CCCCC2c2ccnc(C)n2)c1OC. The van der Waals surface area contributed by atoms with Crippen LogP contribution in [0, 0.1) is 6.92 Å². The van der Waals surface area contributed by atoms with E-state index in [0.717, 1.165) is 48.1 Å². The third kappa shape index (κ3) is 3.51. The lowest BCUT2D eigenvalue weighted by molar-refractivity contribution is 0.135. The summed E-state index contributed by atoms with van der Waals surface area (Å²) in [5.74, 6) is 2.43. The number of benzene rings is 1. The molecule has 0 radical (unpaired) electrons. The van der Waals surface area contributed by atoms with Crippen LogP contribution >= 0.6 is 0 Å². The molecule has 24 heavy (non-hydrogen) atoms. The molecule has 1 aromatic heterocycles. The summed E-state index contributed by atoms with van der Waals surface area (Å²) in [6.45, 7) is 3.84. The molecule has 0 aliphatic carbocycles. The standard InChI is InChI=1S/C19H25N3O2/c1-14-20-11-10-16(21-14)17-8-4-5-12-22(17)13-15-7-6-9-18(23-2)19(15)24-3/h6-7,9-11,17H,4-5,8,12-13H2,1-3H3. The second-order valence-electron chi connectivity index (χ2n) is 6.16. The number of aromatic nitrogens is 2. The first-order valence-electron chi connectivity index (χ1n) is 8.46. The minimum atomic E-state index is 0.330. The number of piperidine rings is 1. The Bertz CT molecular complexity index is 690. The Morgan fingerprint density at radius 1 is 1.17 bits per heavy atom. The third-order valence-corrected chi connectivity index (χ3v) is 4.61. The zero-order valence-electron chi connectivity index (χ0n) is 14.7. The molecular weight excluding hydrogens is 302 g/mol. The molecular formula is C19H25N3O2. The molecule has 0 amide bonds. The van der Waals surface area contributed by atoms with Gasteiger partial charge in [0, 0.05) is 18.3 Å². The van der Waals surface area contributed by atoms with Crippen molar-refractivity contribution in [1.29, 1.82) is 0 Å². The van der Waals surface area contributed by atoms with Crippen molar-refractivity contribution in [2.75, 3.05) is 20.8 Å². The minimum Gasteiger partial charge on any atom is -0.493 e. The lowest BCUT2D eigenvalue weighted by Gasteiger charge is -2.35. The van der Waals surface area contributed by atoms with Gasteiger partial charge in [0.05, 0.1) is 26.0 Å². The first-order chi connectivity index (χ1) is 11.7. The van der Waals surface area contributed by atoms with Crippen molar-refractivity contribution >= 4 is 0 Å². The highest BCUT2D eigenvalue weighted by atomic mass is 16.5. The summed E-state index contributed by atoms with van der Waals surface area (Å²) >= 11 is 0. The van der Waals surface area contributed by atoms with Crippen molar-refractivity contribution in [1.82, 2.24) is 14.9 Å². The molecule has 1 aliphatic rings. The van der Waals surface area contributed by atoms with Gasteiger partial charge in [0.1, 0.15) is 5.82 Å². The topological polar surface area (TPSA) is 47.5 Å². The fraction of sp³-hybridized carbons (Fsp3) is 0.474. The lowest BCUT2D eigenvalue weighted by Crippen LogP contribution is -2.33. The van der Waals surface area contributed by atoms with E-state index in [1.165, 1.54) is 12.8 Å². The minimum absolute atomic E-state index is 0.330. The molecule has 3 rings (SSSR count). The van der Waals surface area contributed by atoms with Gasteiger partial charge >= 0.3 is 0 Å². The van der Waals surface area contributed by atoms with E-state index >= 15 is 0 Å². The summed E-state index contributed by atoms with van der Waals surface area (Å²) in [7, 11) is 3.37. The molecule has 2 aromatic rings. The number of hydrogen-bond acceptors (Lipinski definition) is 5. The number of likely N-dealkylation sites (tertiary alicyclic amines) is 1. The monoisotopic (exact) mass is 327 g/mol. The van der Waals surface area contributed by atoms with Gasteiger partial charge in [-0.25, -0.2) is 9.97 Å². The Morgan fingerprint density at radius 2 is 2.04 bits per heavy atom. The summed E-state index contributed by atoms with van der Waals surface area (Å²) in [6.07, 6.45) is 5.44. The first kappa shape index (κ1) is 16.7. The highest BCUT2D eigenvalue weighted by Crippen LogP contribution is 2.36. The Kier molecular flexibility index (Phi) is 5.30. The molecule has 0 saturated carbocycles. The summed E-state index contributed by atoms with van der Waals surface area (Å²) < 4.78 is 11.0. The third-order valence-electron chi connectivity index (χ3n) is 4.61. The summed E-state index contributed by atoms with van der Waals surface area (Å²) in [4.78, 5) is 11.4. The molecule has 128 valence electrons. The van der Waals surface area contributed by atoms with Crippen molar-refractivity contribution in [3.05, 3.63) is 47.5 Å². The second kappa shape index (κ2) is 7.62. The van der Waals surface area contributed by atoms with Crippen molar-refractivity contribution in [3.8, 4) is 11.5 Å². The molecule has 1 aliphatic heterocycles. The average molecular weight is 327 g/mol. The van der Waals surface area contributed by atoms with E-state index in [2.05, 4.69) is 20.9 Å². The maximum Gasteiger partial charge on any atom is 0.165 e. The number of aryl methyl sites for hydroxylation is 1. The summed E-state index contributed by atoms with van der Waals surface area (Å²) in [5, 5.41) is 0. The normalized spacial score (nSPS) is 18.4. The molecule has 1 aromatic carbocycles. The Labute approximate surface area is 143 Å². The Hall–Kier alpha value is -2.14. The van der Waals surface area contributed by atoms with Crippen LogP contribution in [0.15, 0.2) is 30.5 Å². The zero-order chi connectivity index (χ0) is 16.9. The van der Waals surface area contributed by atoms with E-state index < -0.39 is 0 Å². The molecule has 1 saturated heterocycles. The van der Waals surface area contributed by atoms with Gasteiger partial charge in [0.2, 0.25) is 0 Å². The fourth-order valence-electron chi connectivity index (χ4n) is 3.47. The highest BCUT2D eigenvalue weighted by molar-refractivity contribution is 5.46. The number of methoxy groups -OCH3 is 2. The maximum absolute atomic E-state index is 5.59. The van der Waals surface area contributed by atoms with E-state index in [4.69, 9.17) is 9.47 Å². The van der Waals surface area contributed by atoms with Crippen LogP contribution in [0.2, 0.25) is 0 Å². The predicted molar refractivity (Wildman–Crippen MR) is 93.3 cm³/mol. The largest absolute Gasteiger partial charge is 0.493 e. The predicted octanol–water partition coefficient (Wildman–Crippen LogP) is 3.53. The van der Waals surface area contributed by atoms with Crippen LogP contribution in [-0.2, 0) is 6.54 Å². The average Bonchev–Trinajstić information content (AvgIpc) is 2.62. The number of rotatable bonds is 5. The van der Waals surface area contributed by atoms with Crippen LogP contribution in [0.3, 0.4) is 0 Å². The van der Waals surface area contributed by atoms with Gasteiger partial charge in [-0.3, -0.25) is 4.90 Å². The van der Waals surface area contributed by atoms with Crippen molar-refractivity contribution in [2.45, 2.75) is 38.8 Å². The van der Waals surface area contributed by atoms with E-state index in [0.29, 0.717) is 6.04 Å². The fourth-order valence-corrected chi connectivity index (χ4v) is 3.47. The van der Waals surface area contributed by atoms with Gasteiger partial charge < -0.3 is 9.47 Å². The molecule has 0 bridgehead atoms. The van der Waals surface area contributed by atoms with Crippen molar-refractivity contribution < 1.29 is 9.47 Å². The van der Waals surface area contributed by atoms with Crippen LogP contribution < -0.4 is 9.47 Å². The molecule has 0 spiro atoms. The van der Waals surface area contributed by atoms with Crippen molar-refractivity contribution in [2.24, 2.45) is 0 Å². The molecule has 1 unspecified atom stereocenters. The number of ether oxygens (including phenoxy) is 2. The smallest absolute Gasteiger partial charge is 0.165 e. The van der Waals surface area contributed by atoms with Crippen molar-refractivity contribution in [3.63, 3.8) is 0 Å². The number of hydrogen-bond donors (Lipinski definition) is 0. The number of para-hydroxylation sites is 1. The zero-order valence-corrected chi connectivity index (χ0v) is 14.7. The van der Waals surface area contributed by atoms with E-state index in [1.807, 2.05) is 31.3 Å². The van der Waals surface area contributed by atoms with E-state index in [9.17, 15) is 0 Å². The van der Waals surface area contributed by atoms with Crippen LogP contribution in [0.5, 0.6) is 11.5 Å². The molecule has 2 heterocycles. The molecule has 0 N–H and O–H groups in total. The van der Waals surface area contributed by atoms with Crippen LogP contribution in [0.4, 0.5) is 0 Å².